The van der Waals surface area contributed by atoms with Crippen molar-refractivity contribution in [2.75, 3.05) is 26.3 Å². The molecule has 35 heavy (non-hydrogen) atoms. The van der Waals surface area contributed by atoms with Crippen molar-refractivity contribution in [3.8, 4) is 0 Å². The van der Waals surface area contributed by atoms with Gasteiger partial charge in [0.15, 0.2) is 0 Å². The van der Waals surface area contributed by atoms with Crippen LogP contribution in [0.5, 0.6) is 0 Å². The van der Waals surface area contributed by atoms with Gasteiger partial charge in [0, 0.05) is 44.0 Å². The van der Waals surface area contributed by atoms with Crippen LogP contribution in [0, 0.1) is 5.41 Å². The Bertz CT molecular complexity index is 697. The normalized spacial score (nSPS) is 12.2. The standard InChI is InChI=1S/C28H51N3O4/c1-7-27(5,8-2)16-14-25(32)34-22-11-12-23-35-26(33)15-20-31(28(6,9-3)10-4)19-13-18-30-21-17-29-24-30/h17,21,24H,7-16,18-20,22-23H2,1-6H3. The minimum absolute atomic E-state index is 0.0742. The van der Waals surface area contributed by atoms with Crippen molar-refractivity contribution in [1.29, 1.82) is 0 Å². The Hall–Kier alpha value is -1.89. The second-order valence-corrected chi connectivity index (χ2v) is 10.3. The van der Waals surface area contributed by atoms with E-state index in [9.17, 15) is 9.59 Å². The number of hydrogen-bond donors (Lipinski definition) is 0. The number of ether oxygens (including phenoxy) is 2. The van der Waals surface area contributed by atoms with Crippen molar-refractivity contribution in [2.45, 2.75) is 118 Å². The summed E-state index contributed by atoms with van der Waals surface area (Å²) in [6, 6.07) is 0. The number of carbonyl (C=O) groups is 2. The molecule has 0 aliphatic heterocycles. The van der Waals surface area contributed by atoms with Gasteiger partial charge >= 0.3 is 11.9 Å². The van der Waals surface area contributed by atoms with Crippen LogP contribution in [0.2, 0.25) is 0 Å². The van der Waals surface area contributed by atoms with Gasteiger partial charge in [0.1, 0.15) is 0 Å². The predicted molar refractivity (Wildman–Crippen MR) is 141 cm³/mol. The maximum absolute atomic E-state index is 12.3. The summed E-state index contributed by atoms with van der Waals surface area (Å²) in [6.07, 6.45) is 14.0. The first-order chi connectivity index (χ1) is 16.7. The second-order valence-electron chi connectivity index (χ2n) is 10.3. The van der Waals surface area contributed by atoms with E-state index in [0.717, 1.165) is 51.6 Å². The highest BCUT2D eigenvalue weighted by Gasteiger charge is 2.28. The van der Waals surface area contributed by atoms with E-state index < -0.39 is 0 Å². The minimum Gasteiger partial charge on any atom is -0.466 e. The molecule has 0 saturated heterocycles. The zero-order valence-electron chi connectivity index (χ0n) is 23.3. The Morgan fingerprint density at radius 3 is 1.97 bits per heavy atom. The van der Waals surface area contributed by atoms with E-state index in [0.29, 0.717) is 45.4 Å². The second kappa shape index (κ2) is 16.7. The van der Waals surface area contributed by atoms with E-state index in [1.54, 1.807) is 6.20 Å². The Morgan fingerprint density at radius 2 is 1.46 bits per heavy atom. The Morgan fingerprint density at radius 1 is 0.857 bits per heavy atom. The summed E-state index contributed by atoms with van der Waals surface area (Å²) in [5, 5.41) is 0. The number of aromatic nitrogens is 2. The maximum atomic E-state index is 12.3. The van der Waals surface area contributed by atoms with Crippen LogP contribution in [-0.2, 0) is 25.6 Å². The highest BCUT2D eigenvalue weighted by Crippen LogP contribution is 2.31. The fourth-order valence-electron chi connectivity index (χ4n) is 4.17. The lowest BCUT2D eigenvalue weighted by atomic mass is 9.80. The predicted octanol–water partition coefficient (Wildman–Crippen LogP) is 6.02. The summed E-state index contributed by atoms with van der Waals surface area (Å²) >= 11 is 0. The average molecular weight is 494 g/mol. The third kappa shape index (κ3) is 12.1. The maximum Gasteiger partial charge on any atom is 0.307 e. The summed E-state index contributed by atoms with van der Waals surface area (Å²) in [5.74, 6) is -0.285. The van der Waals surface area contributed by atoms with Crippen molar-refractivity contribution >= 4 is 11.9 Å². The van der Waals surface area contributed by atoms with Crippen molar-refractivity contribution in [3.05, 3.63) is 18.7 Å². The zero-order valence-corrected chi connectivity index (χ0v) is 23.3. The smallest absolute Gasteiger partial charge is 0.307 e. The molecule has 0 atom stereocenters. The molecule has 1 heterocycles. The van der Waals surface area contributed by atoms with Gasteiger partial charge in [0.25, 0.3) is 0 Å². The summed E-state index contributed by atoms with van der Waals surface area (Å²) in [4.78, 5) is 30.8. The van der Waals surface area contributed by atoms with E-state index >= 15 is 0 Å². The van der Waals surface area contributed by atoms with Crippen molar-refractivity contribution < 1.29 is 19.1 Å². The van der Waals surface area contributed by atoms with Crippen LogP contribution in [0.1, 0.15) is 106 Å². The molecule has 0 radical (unpaired) electrons. The van der Waals surface area contributed by atoms with E-state index in [4.69, 9.17) is 9.47 Å². The highest BCUT2D eigenvalue weighted by molar-refractivity contribution is 5.69. The first-order valence-electron chi connectivity index (χ1n) is 13.7. The molecule has 0 spiro atoms. The van der Waals surface area contributed by atoms with Crippen molar-refractivity contribution in [1.82, 2.24) is 14.5 Å². The van der Waals surface area contributed by atoms with Gasteiger partial charge in [0.05, 0.1) is 26.0 Å². The molecule has 0 N–H and O–H groups in total. The number of carbonyl (C=O) groups excluding carboxylic acids is 2. The summed E-state index contributed by atoms with van der Waals surface area (Å²) in [5.41, 5.74) is 0.291. The molecule has 0 amide bonds. The summed E-state index contributed by atoms with van der Waals surface area (Å²) in [7, 11) is 0. The zero-order chi connectivity index (χ0) is 26.2. The van der Waals surface area contributed by atoms with Gasteiger partial charge in [-0.3, -0.25) is 14.5 Å². The minimum atomic E-state index is -0.158. The first kappa shape index (κ1) is 31.1. The molecule has 202 valence electrons. The monoisotopic (exact) mass is 493 g/mol. The number of hydrogen-bond acceptors (Lipinski definition) is 6. The molecule has 7 nitrogen and oxygen atoms in total. The number of rotatable bonds is 20. The quantitative estimate of drug-likeness (QED) is 0.163. The van der Waals surface area contributed by atoms with Crippen LogP contribution >= 0.6 is 0 Å². The van der Waals surface area contributed by atoms with Crippen LogP contribution in [0.15, 0.2) is 18.7 Å². The fourth-order valence-corrected chi connectivity index (χ4v) is 4.17. The fraction of sp³-hybridized carbons (Fsp3) is 0.821. The molecular formula is C28H51N3O4. The van der Waals surface area contributed by atoms with E-state index in [2.05, 4.69) is 56.0 Å². The Balaban J connectivity index is 2.26. The molecule has 0 aromatic carbocycles. The molecule has 1 aromatic rings. The third-order valence-electron chi connectivity index (χ3n) is 7.98. The highest BCUT2D eigenvalue weighted by atomic mass is 16.5. The summed E-state index contributed by atoms with van der Waals surface area (Å²) in [6.45, 7) is 16.6. The number of unbranched alkanes of at least 4 members (excludes halogenated alkanes) is 1. The molecule has 0 unspecified atom stereocenters. The number of imidazole rings is 1. The molecule has 0 aliphatic rings. The Kier molecular flexibility index (Phi) is 14.9. The van der Waals surface area contributed by atoms with Gasteiger partial charge in [-0.2, -0.15) is 0 Å². The molecule has 1 aromatic heterocycles. The molecule has 0 saturated carbocycles. The van der Waals surface area contributed by atoms with Crippen LogP contribution in [0.3, 0.4) is 0 Å². The lowest BCUT2D eigenvalue weighted by molar-refractivity contribution is -0.147. The van der Waals surface area contributed by atoms with Crippen LogP contribution < -0.4 is 0 Å². The van der Waals surface area contributed by atoms with Crippen molar-refractivity contribution in [2.24, 2.45) is 5.41 Å². The molecule has 0 aliphatic carbocycles. The number of esters is 2. The van der Waals surface area contributed by atoms with Crippen LogP contribution in [0.4, 0.5) is 0 Å². The van der Waals surface area contributed by atoms with E-state index in [-0.39, 0.29) is 22.9 Å². The van der Waals surface area contributed by atoms with Crippen LogP contribution in [-0.4, -0.2) is 58.2 Å². The van der Waals surface area contributed by atoms with Gasteiger partial charge in [-0.1, -0.05) is 47.5 Å². The molecule has 1 rings (SSSR count). The van der Waals surface area contributed by atoms with Gasteiger partial charge in [-0.05, 0) is 50.9 Å². The topological polar surface area (TPSA) is 73.7 Å². The van der Waals surface area contributed by atoms with Crippen LogP contribution in [0.25, 0.3) is 0 Å². The molecular weight excluding hydrogens is 442 g/mol. The Labute approximate surface area is 214 Å². The van der Waals surface area contributed by atoms with Gasteiger partial charge in [-0.25, -0.2) is 4.98 Å². The molecule has 0 fully saturated rings. The lowest BCUT2D eigenvalue weighted by Gasteiger charge is -2.40. The number of aryl methyl sites for hydroxylation is 1. The molecule has 7 heteroatoms. The van der Waals surface area contributed by atoms with Gasteiger partial charge in [0.2, 0.25) is 0 Å². The van der Waals surface area contributed by atoms with E-state index in [1.165, 1.54) is 0 Å². The lowest BCUT2D eigenvalue weighted by Crippen LogP contribution is -2.47. The summed E-state index contributed by atoms with van der Waals surface area (Å²) < 4.78 is 12.9. The average Bonchev–Trinajstić information content (AvgIpc) is 3.39. The molecule has 0 bridgehead atoms. The number of nitrogens with zero attached hydrogens (tertiary/aromatic N) is 3. The van der Waals surface area contributed by atoms with Gasteiger partial charge < -0.3 is 14.0 Å². The third-order valence-corrected chi connectivity index (χ3v) is 7.98. The van der Waals surface area contributed by atoms with Crippen molar-refractivity contribution in [3.63, 3.8) is 0 Å². The SMILES string of the molecule is CCC(C)(CC)CCC(=O)OCCCCOC(=O)CCN(CCCn1ccnc1)C(C)(CC)CC. The van der Waals surface area contributed by atoms with E-state index in [1.807, 2.05) is 12.5 Å². The van der Waals surface area contributed by atoms with Gasteiger partial charge in [-0.15, -0.1) is 0 Å². The first-order valence-corrected chi connectivity index (χ1v) is 13.7. The largest absolute Gasteiger partial charge is 0.466 e.